The summed E-state index contributed by atoms with van der Waals surface area (Å²) in [6, 6.07) is 3.09. The zero-order valence-electron chi connectivity index (χ0n) is 18.5. The average Bonchev–Trinajstić information content (AvgIpc) is 3.43. The van der Waals surface area contributed by atoms with E-state index >= 15 is 0 Å². The summed E-state index contributed by atoms with van der Waals surface area (Å²) in [5, 5.41) is 13.5. The minimum Gasteiger partial charge on any atom is -0.454 e. The molecule has 4 rings (SSSR count). The van der Waals surface area contributed by atoms with Crippen LogP contribution in [0.15, 0.2) is 30.4 Å². The SMILES string of the molecule is Cc1ccc(NC(=O)COC(=O)[C@H](C(C)C)N2C(=O)[C@H]3[C@H](C2=O)[C@H]2C=C[C@H]3C2)cc1[N+](=O)[O-]. The van der Waals surface area contributed by atoms with Gasteiger partial charge in [0.15, 0.2) is 6.61 Å². The molecule has 0 aromatic heterocycles. The molecule has 10 heteroatoms. The molecule has 0 spiro atoms. The van der Waals surface area contributed by atoms with E-state index < -0.39 is 47.2 Å². The van der Waals surface area contributed by atoms with Gasteiger partial charge in [0.2, 0.25) is 11.8 Å². The van der Waals surface area contributed by atoms with Gasteiger partial charge in [0.05, 0.1) is 16.8 Å². The van der Waals surface area contributed by atoms with Crippen LogP contribution >= 0.6 is 0 Å². The number of carbonyl (C=O) groups excluding carboxylic acids is 4. The van der Waals surface area contributed by atoms with E-state index in [-0.39, 0.29) is 35.0 Å². The van der Waals surface area contributed by atoms with E-state index in [2.05, 4.69) is 5.32 Å². The highest BCUT2D eigenvalue weighted by molar-refractivity contribution is 6.09. The van der Waals surface area contributed by atoms with Crippen molar-refractivity contribution in [3.05, 3.63) is 46.0 Å². The van der Waals surface area contributed by atoms with Crippen LogP contribution in [0.4, 0.5) is 11.4 Å². The van der Waals surface area contributed by atoms with Gasteiger partial charge in [0.25, 0.3) is 11.6 Å². The monoisotopic (exact) mass is 455 g/mol. The highest BCUT2D eigenvalue weighted by Crippen LogP contribution is 2.53. The lowest BCUT2D eigenvalue weighted by atomic mass is 9.85. The number of fused-ring (bicyclic) bond motifs is 5. The maximum absolute atomic E-state index is 13.1. The number of nitrogens with one attached hydrogen (secondary N) is 1. The zero-order valence-corrected chi connectivity index (χ0v) is 18.5. The van der Waals surface area contributed by atoms with Crippen molar-refractivity contribution >= 4 is 35.1 Å². The van der Waals surface area contributed by atoms with Gasteiger partial charge in [0.1, 0.15) is 6.04 Å². The molecular weight excluding hydrogens is 430 g/mol. The van der Waals surface area contributed by atoms with Crippen LogP contribution in [0.25, 0.3) is 0 Å². The highest BCUT2D eigenvalue weighted by atomic mass is 16.6. The number of aryl methyl sites for hydroxylation is 1. The standard InChI is InChI=1S/C23H25N3O7/c1-11(2)20(25-21(28)18-13-5-6-14(8-13)19(18)22(25)29)23(30)33-10-17(27)24-15-7-4-12(3)16(9-15)26(31)32/h4-7,9,11,13-14,18-20H,8,10H2,1-3H3,(H,24,27)/t13-,14-,18+,19+,20-/m0/s1. The Morgan fingerprint density at radius 2 is 1.79 bits per heavy atom. The van der Waals surface area contributed by atoms with Gasteiger partial charge in [-0.25, -0.2) is 4.79 Å². The number of rotatable bonds is 7. The van der Waals surface area contributed by atoms with Crippen molar-refractivity contribution in [1.82, 2.24) is 4.90 Å². The average molecular weight is 455 g/mol. The van der Waals surface area contributed by atoms with E-state index in [0.717, 1.165) is 11.3 Å². The second kappa shape index (κ2) is 8.42. The Balaban J connectivity index is 1.41. The number of imide groups is 1. The van der Waals surface area contributed by atoms with Gasteiger partial charge in [-0.2, -0.15) is 0 Å². The first-order valence-electron chi connectivity index (χ1n) is 10.9. The summed E-state index contributed by atoms with van der Waals surface area (Å²) in [7, 11) is 0. The van der Waals surface area contributed by atoms with Crippen LogP contribution in [0.2, 0.25) is 0 Å². The van der Waals surface area contributed by atoms with E-state index in [0.29, 0.717) is 5.56 Å². The summed E-state index contributed by atoms with van der Waals surface area (Å²) < 4.78 is 5.15. The number of esters is 1. The molecule has 1 aliphatic heterocycles. The summed E-state index contributed by atoms with van der Waals surface area (Å²) >= 11 is 0. The fourth-order valence-corrected chi connectivity index (χ4v) is 5.18. The summed E-state index contributed by atoms with van der Waals surface area (Å²) in [4.78, 5) is 62.8. The van der Waals surface area contributed by atoms with E-state index in [1.54, 1.807) is 20.8 Å². The molecule has 3 aliphatic rings. The lowest BCUT2D eigenvalue weighted by Crippen LogP contribution is -2.50. The first-order valence-corrected chi connectivity index (χ1v) is 10.9. The van der Waals surface area contributed by atoms with Crippen molar-refractivity contribution in [1.29, 1.82) is 0 Å². The molecule has 2 bridgehead atoms. The third-order valence-electron chi connectivity index (χ3n) is 6.69. The fourth-order valence-electron chi connectivity index (χ4n) is 5.18. The molecule has 174 valence electrons. The Morgan fingerprint density at radius 1 is 1.18 bits per heavy atom. The molecule has 10 nitrogen and oxygen atoms in total. The third-order valence-corrected chi connectivity index (χ3v) is 6.69. The summed E-state index contributed by atoms with van der Waals surface area (Å²) in [6.07, 6.45) is 4.74. The Labute approximate surface area is 190 Å². The molecule has 2 fully saturated rings. The number of hydrogen-bond acceptors (Lipinski definition) is 7. The van der Waals surface area contributed by atoms with Crippen LogP contribution < -0.4 is 5.32 Å². The molecule has 1 N–H and O–H groups in total. The second-order valence-electron chi connectivity index (χ2n) is 9.15. The molecular formula is C23H25N3O7. The highest BCUT2D eigenvalue weighted by Gasteiger charge is 2.61. The molecule has 0 radical (unpaired) electrons. The largest absolute Gasteiger partial charge is 0.454 e. The zero-order chi connectivity index (χ0) is 24.0. The van der Waals surface area contributed by atoms with Crippen molar-refractivity contribution in [3.8, 4) is 0 Å². The molecule has 1 aromatic rings. The van der Waals surface area contributed by atoms with Crippen LogP contribution in [0.1, 0.15) is 25.8 Å². The van der Waals surface area contributed by atoms with Gasteiger partial charge in [-0.15, -0.1) is 0 Å². The Hall–Kier alpha value is -3.56. The van der Waals surface area contributed by atoms with E-state index in [9.17, 15) is 29.3 Å². The lowest BCUT2D eigenvalue weighted by molar-refractivity contribution is -0.385. The Bertz CT molecular complexity index is 1050. The van der Waals surface area contributed by atoms with Crippen LogP contribution in [0.5, 0.6) is 0 Å². The molecule has 0 unspecified atom stereocenters. The smallest absolute Gasteiger partial charge is 0.330 e. The van der Waals surface area contributed by atoms with E-state index in [1.165, 1.54) is 18.2 Å². The van der Waals surface area contributed by atoms with E-state index in [4.69, 9.17) is 4.74 Å². The van der Waals surface area contributed by atoms with Gasteiger partial charge in [0, 0.05) is 17.3 Å². The maximum Gasteiger partial charge on any atom is 0.330 e. The van der Waals surface area contributed by atoms with E-state index in [1.807, 2.05) is 12.2 Å². The number of nitrogens with zero attached hydrogens (tertiary/aromatic N) is 2. The first-order chi connectivity index (χ1) is 15.6. The predicted octanol–water partition coefficient (Wildman–Crippen LogP) is 2.22. The quantitative estimate of drug-likeness (QED) is 0.219. The molecule has 1 saturated heterocycles. The normalized spacial score (nSPS) is 26.0. The van der Waals surface area contributed by atoms with Crippen LogP contribution in [0.3, 0.4) is 0 Å². The van der Waals surface area contributed by atoms with Crippen LogP contribution in [0, 0.1) is 46.6 Å². The number of amides is 3. The van der Waals surface area contributed by atoms with Crippen molar-refractivity contribution in [2.45, 2.75) is 33.2 Å². The second-order valence-corrected chi connectivity index (χ2v) is 9.15. The lowest BCUT2D eigenvalue weighted by Gasteiger charge is -2.28. The van der Waals surface area contributed by atoms with Gasteiger partial charge in [-0.1, -0.05) is 32.1 Å². The van der Waals surface area contributed by atoms with Gasteiger partial charge < -0.3 is 10.1 Å². The van der Waals surface area contributed by atoms with Gasteiger partial charge >= 0.3 is 5.97 Å². The third kappa shape index (κ3) is 3.90. The number of carbonyl (C=O) groups is 4. The number of hydrogen-bond donors (Lipinski definition) is 1. The molecule has 1 saturated carbocycles. The Kier molecular flexibility index (Phi) is 5.77. The minimum absolute atomic E-state index is 0.0228. The number of benzene rings is 1. The fraction of sp³-hybridized carbons (Fsp3) is 0.478. The number of ether oxygens (including phenoxy) is 1. The Morgan fingerprint density at radius 3 is 2.33 bits per heavy atom. The van der Waals surface area contributed by atoms with Crippen molar-refractivity contribution in [2.75, 3.05) is 11.9 Å². The van der Waals surface area contributed by atoms with Crippen LogP contribution in [-0.4, -0.2) is 46.2 Å². The maximum atomic E-state index is 13.1. The first kappa shape index (κ1) is 22.6. The van der Waals surface area contributed by atoms with Crippen LogP contribution in [-0.2, 0) is 23.9 Å². The molecule has 1 heterocycles. The number of nitro groups is 1. The number of anilines is 1. The summed E-state index contributed by atoms with van der Waals surface area (Å²) in [6.45, 7) is 4.34. The molecule has 3 amide bonds. The predicted molar refractivity (Wildman–Crippen MR) is 116 cm³/mol. The van der Waals surface area contributed by atoms with Crippen molar-refractivity contribution in [2.24, 2.45) is 29.6 Å². The summed E-state index contributed by atoms with van der Waals surface area (Å²) in [5.41, 5.74) is 0.483. The molecule has 1 aromatic carbocycles. The minimum atomic E-state index is -1.12. The molecule has 33 heavy (non-hydrogen) atoms. The summed E-state index contributed by atoms with van der Waals surface area (Å²) in [5.74, 6) is -3.45. The topological polar surface area (TPSA) is 136 Å². The van der Waals surface area contributed by atoms with Gasteiger partial charge in [-0.05, 0) is 37.2 Å². The number of nitro benzene ring substituents is 1. The van der Waals surface area contributed by atoms with Crippen molar-refractivity contribution in [3.63, 3.8) is 0 Å². The molecule has 2 aliphatic carbocycles. The van der Waals surface area contributed by atoms with Crippen molar-refractivity contribution < 1.29 is 28.8 Å². The number of allylic oxidation sites excluding steroid dienone is 2. The van der Waals surface area contributed by atoms with Gasteiger partial charge in [-0.3, -0.25) is 29.4 Å². The molecule has 5 atom stereocenters. The number of likely N-dealkylation sites (tertiary alicyclic amines) is 1.